The van der Waals surface area contributed by atoms with Crippen molar-refractivity contribution >= 4 is 48.2 Å². The molecular formula is C17H15NNa2O8S3. The van der Waals surface area contributed by atoms with E-state index >= 15 is 0 Å². The molecule has 9 nitrogen and oxygen atoms in total. The molecule has 2 aromatic heterocycles. The second-order valence-corrected chi connectivity index (χ2v) is 10.0. The van der Waals surface area contributed by atoms with Crippen LogP contribution in [0.4, 0.5) is 5.69 Å². The summed E-state index contributed by atoms with van der Waals surface area (Å²) in [7, 11) is -10.2. The number of fused-ring (bicyclic) bond motifs is 1. The van der Waals surface area contributed by atoms with E-state index in [0.29, 0.717) is 11.5 Å². The van der Waals surface area contributed by atoms with Crippen molar-refractivity contribution in [1.29, 1.82) is 0 Å². The zero-order valence-electron chi connectivity index (χ0n) is 17.2. The van der Waals surface area contributed by atoms with Gasteiger partial charge in [-0.05, 0) is 38.1 Å². The smallest absolute Gasteiger partial charge is 0.744 e. The second kappa shape index (κ2) is 10.8. The zero-order chi connectivity index (χ0) is 21.6. The average molecular weight is 503 g/mol. The van der Waals surface area contributed by atoms with E-state index in [4.69, 9.17) is 4.42 Å². The van der Waals surface area contributed by atoms with Crippen LogP contribution in [0, 0.1) is 0 Å². The summed E-state index contributed by atoms with van der Waals surface area (Å²) in [5.41, 5.74) is -0.224. The van der Waals surface area contributed by atoms with Gasteiger partial charge in [-0.25, -0.2) is 21.6 Å². The number of anilines is 1. The molecule has 3 aromatic rings. The summed E-state index contributed by atoms with van der Waals surface area (Å²) < 4.78 is 72.8. The van der Waals surface area contributed by atoms with Crippen LogP contribution in [0.1, 0.15) is 13.8 Å². The topological polar surface area (TPSA) is 148 Å². The van der Waals surface area contributed by atoms with E-state index < -0.39 is 39.8 Å². The van der Waals surface area contributed by atoms with E-state index in [1.807, 2.05) is 18.7 Å². The van der Waals surface area contributed by atoms with Crippen LogP contribution in [0.15, 0.2) is 48.6 Å². The van der Waals surface area contributed by atoms with Gasteiger partial charge >= 0.3 is 64.7 Å². The molecule has 3 rings (SSSR count). The summed E-state index contributed by atoms with van der Waals surface area (Å²) in [4.78, 5) is 13.1. The molecule has 14 heteroatoms. The molecule has 0 aliphatic heterocycles. The van der Waals surface area contributed by atoms with Crippen molar-refractivity contribution in [3.63, 3.8) is 0 Å². The first kappa shape index (κ1) is 28.8. The quantitative estimate of drug-likeness (QED) is 0.188. The Bertz CT molecular complexity index is 1360. The number of hydrogen-bond donors (Lipinski definition) is 0. The van der Waals surface area contributed by atoms with Gasteiger partial charge in [-0.1, -0.05) is 0 Å². The molecule has 2 heterocycles. The van der Waals surface area contributed by atoms with Gasteiger partial charge in [-0.3, -0.25) is 0 Å². The van der Waals surface area contributed by atoms with Crippen LogP contribution in [0.25, 0.3) is 21.4 Å². The summed E-state index contributed by atoms with van der Waals surface area (Å²) >= 11 is 0.237. The standard InChI is InChI=1S/C17H17NO8S3.2Na/c1-3-18(4-2)11-6-5-10-7-12(17(19)26-13(10)8-11)16-14(28(20,21)22)9-15(27-16)29(23,24)25;;/h5-9H,3-4H2,1-2H3,(H,20,21,22)(H,23,24,25);;/q;2*+1/p-2. The molecule has 31 heavy (non-hydrogen) atoms. The number of hydrogen-bond acceptors (Lipinski definition) is 10. The minimum absolute atomic E-state index is 0. The maximum atomic E-state index is 12.5. The van der Waals surface area contributed by atoms with E-state index in [-0.39, 0.29) is 81.6 Å². The maximum Gasteiger partial charge on any atom is 1.00 e. The number of rotatable bonds is 6. The first-order valence-electron chi connectivity index (χ1n) is 8.34. The Labute approximate surface area is 227 Å². The van der Waals surface area contributed by atoms with Gasteiger partial charge in [-0.15, -0.1) is 11.3 Å². The third-order valence-electron chi connectivity index (χ3n) is 4.28. The number of thiophene rings is 1. The first-order valence-corrected chi connectivity index (χ1v) is 12.0. The van der Waals surface area contributed by atoms with E-state index in [1.165, 1.54) is 6.07 Å². The normalized spacial score (nSPS) is 11.6. The first-order chi connectivity index (χ1) is 13.5. The molecule has 1 aromatic carbocycles. The van der Waals surface area contributed by atoms with Gasteiger partial charge in [0, 0.05) is 30.2 Å². The van der Waals surface area contributed by atoms with Crippen LogP contribution >= 0.6 is 11.3 Å². The molecular weight excluding hydrogens is 488 g/mol. The second-order valence-electron chi connectivity index (χ2n) is 6.01. The Morgan fingerprint density at radius 3 is 2.10 bits per heavy atom. The van der Waals surface area contributed by atoms with Crippen molar-refractivity contribution in [2.24, 2.45) is 0 Å². The Balaban J connectivity index is 0.00000240. The van der Waals surface area contributed by atoms with Gasteiger partial charge in [0.1, 0.15) is 30.0 Å². The van der Waals surface area contributed by atoms with Crippen molar-refractivity contribution in [1.82, 2.24) is 0 Å². The average Bonchev–Trinajstić information content (AvgIpc) is 3.08. The third-order valence-corrected chi connectivity index (χ3v) is 7.71. The molecule has 0 radical (unpaired) electrons. The molecule has 0 bridgehead atoms. The third kappa shape index (κ3) is 6.21. The van der Waals surface area contributed by atoms with Crippen molar-refractivity contribution in [2.45, 2.75) is 23.0 Å². The number of nitrogens with zero attached hydrogens (tertiary/aromatic N) is 1. The fourth-order valence-corrected chi connectivity index (χ4v) is 5.78. The number of benzene rings is 1. The Hall–Kier alpha value is -0.250. The van der Waals surface area contributed by atoms with E-state index in [2.05, 4.69) is 0 Å². The molecule has 0 N–H and O–H groups in total. The maximum absolute atomic E-state index is 12.5. The van der Waals surface area contributed by atoms with Gasteiger partial charge in [0.15, 0.2) is 0 Å². The molecule has 0 fully saturated rings. The Morgan fingerprint density at radius 1 is 0.968 bits per heavy atom. The van der Waals surface area contributed by atoms with Crippen molar-refractivity contribution in [3.05, 3.63) is 40.8 Å². The summed E-state index contributed by atoms with van der Waals surface area (Å²) in [6, 6.07) is 6.86. The molecule has 0 saturated heterocycles. The summed E-state index contributed by atoms with van der Waals surface area (Å²) in [6.45, 7) is 5.40. The monoisotopic (exact) mass is 503 g/mol. The van der Waals surface area contributed by atoms with Gasteiger partial charge in [0.2, 0.25) is 0 Å². The van der Waals surface area contributed by atoms with Crippen LogP contribution in [-0.2, 0) is 20.2 Å². The molecule has 0 unspecified atom stereocenters. The minimum atomic E-state index is -5.15. The molecule has 0 spiro atoms. The minimum Gasteiger partial charge on any atom is -0.744 e. The SMILES string of the molecule is CCN(CC)c1ccc2cc(-c3sc(S(=O)(=O)[O-])cc3S(=O)(=O)[O-])c(=O)oc2c1.[Na+].[Na+]. The van der Waals surface area contributed by atoms with Crippen molar-refractivity contribution in [3.8, 4) is 10.4 Å². The fourth-order valence-electron chi connectivity index (χ4n) is 2.89. The van der Waals surface area contributed by atoms with Gasteiger partial charge in [0.25, 0.3) is 0 Å². The molecule has 0 atom stereocenters. The predicted octanol–water partition coefficient (Wildman–Crippen LogP) is -3.82. The van der Waals surface area contributed by atoms with E-state index in [1.54, 1.807) is 18.2 Å². The van der Waals surface area contributed by atoms with Gasteiger partial charge in [0.05, 0.1) is 15.3 Å². The molecule has 156 valence electrons. The molecule has 0 aliphatic carbocycles. The zero-order valence-corrected chi connectivity index (χ0v) is 23.7. The summed E-state index contributed by atoms with van der Waals surface area (Å²) in [5, 5.41) is 0.435. The summed E-state index contributed by atoms with van der Waals surface area (Å²) in [5.74, 6) is 0. The molecule has 0 amide bonds. The molecule has 0 saturated carbocycles. The predicted molar refractivity (Wildman–Crippen MR) is 105 cm³/mol. The Kier molecular flexibility index (Phi) is 10.0. The van der Waals surface area contributed by atoms with Gasteiger partial charge in [-0.2, -0.15) is 0 Å². The van der Waals surface area contributed by atoms with Crippen molar-refractivity contribution < 1.29 is 89.5 Å². The largest absolute Gasteiger partial charge is 1.00 e. The van der Waals surface area contributed by atoms with Crippen molar-refractivity contribution in [2.75, 3.05) is 18.0 Å². The fraction of sp³-hybridized carbons (Fsp3) is 0.235. The van der Waals surface area contributed by atoms with Crippen LogP contribution in [0.5, 0.6) is 0 Å². The van der Waals surface area contributed by atoms with Crippen LogP contribution in [0.2, 0.25) is 0 Å². The summed E-state index contributed by atoms with van der Waals surface area (Å²) in [6.07, 6.45) is 0. The van der Waals surface area contributed by atoms with Crippen LogP contribution in [-0.4, -0.2) is 39.0 Å². The molecule has 0 aliphatic rings. The Morgan fingerprint density at radius 2 is 1.58 bits per heavy atom. The van der Waals surface area contributed by atoms with Crippen LogP contribution < -0.4 is 69.6 Å². The van der Waals surface area contributed by atoms with E-state index in [9.17, 15) is 30.7 Å². The van der Waals surface area contributed by atoms with Crippen LogP contribution in [0.3, 0.4) is 0 Å². The van der Waals surface area contributed by atoms with Gasteiger partial charge < -0.3 is 18.4 Å². The van der Waals surface area contributed by atoms with E-state index in [0.717, 1.165) is 18.8 Å².